The third-order valence-electron chi connectivity index (χ3n) is 4.84. The molecule has 0 aromatic carbocycles. The molecule has 1 aromatic rings. The van der Waals surface area contributed by atoms with Gasteiger partial charge in [0, 0.05) is 65.2 Å². The Labute approximate surface area is 147 Å². The van der Waals surface area contributed by atoms with Crippen molar-refractivity contribution in [3.05, 3.63) is 18.5 Å². The molecule has 2 aliphatic rings. The summed E-state index contributed by atoms with van der Waals surface area (Å²) in [7, 11) is 1.62. The maximum atomic E-state index is 12.8. The predicted molar refractivity (Wildman–Crippen MR) is 92.0 cm³/mol. The van der Waals surface area contributed by atoms with Gasteiger partial charge in [0.2, 0.25) is 17.8 Å². The molecule has 2 amide bonds. The third kappa shape index (κ3) is 4.25. The molecule has 8 nitrogen and oxygen atoms in total. The molecular weight excluding hydrogens is 322 g/mol. The number of rotatable bonds is 5. The quantitative estimate of drug-likeness (QED) is 0.747. The van der Waals surface area contributed by atoms with Gasteiger partial charge in [-0.3, -0.25) is 9.59 Å². The van der Waals surface area contributed by atoms with Gasteiger partial charge in [-0.1, -0.05) is 0 Å². The molecule has 25 heavy (non-hydrogen) atoms. The van der Waals surface area contributed by atoms with Crippen molar-refractivity contribution in [2.24, 2.45) is 5.92 Å². The Morgan fingerprint density at radius 3 is 2.64 bits per heavy atom. The van der Waals surface area contributed by atoms with Crippen molar-refractivity contribution in [2.75, 3.05) is 57.9 Å². The van der Waals surface area contributed by atoms with E-state index in [0.29, 0.717) is 51.6 Å². The fourth-order valence-electron chi connectivity index (χ4n) is 3.37. The van der Waals surface area contributed by atoms with Gasteiger partial charge in [-0.15, -0.1) is 0 Å². The van der Waals surface area contributed by atoms with Crippen LogP contribution < -0.4 is 4.90 Å². The summed E-state index contributed by atoms with van der Waals surface area (Å²) in [4.78, 5) is 39.1. The largest absolute Gasteiger partial charge is 0.383 e. The topological polar surface area (TPSA) is 78.9 Å². The number of amides is 2. The molecule has 136 valence electrons. The first kappa shape index (κ1) is 17.6. The van der Waals surface area contributed by atoms with Crippen molar-refractivity contribution in [3.8, 4) is 0 Å². The van der Waals surface area contributed by atoms with Crippen LogP contribution in [0.5, 0.6) is 0 Å². The molecule has 0 bridgehead atoms. The van der Waals surface area contributed by atoms with Gasteiger partial charge in [-0.2, -0.15) is 0 Å². The van der Waals surface area contributed by atoms with Crippen LogP contribution in [0.25, 0.3) is 0 Å². The summed E-state index contributed by atoms with van der Waals surface area (Å²) in [5.74, 6) is 0.883. The van der Waals surface area contributed by atoms with Gasteiger partial charge in [0.15, 0.2) is 0 Å². The molecule has 3 rings (SSSR count). The lowest BCUT2D eigenvalue weighted by atomic mass is 9.95. The zero-order valence-electron chi connectivity index (χ0n) is 14.6. The first-order valence-electron chi connectivity index (χ1n) is 8.76. The van der Waals surface area contributed by atoms with Crippen molar-refractivity contribution < 1.29 is 14.3 Å². The number of aromatic nitrogens is 2. The monoisotopic (exact) mass is 347 g/mol. The number of nitrogens with zero attached hydrogens (tertiary/aromatic N) is 5. The molecule has 3 heterocycles. The smallest absolute Gasteiger partial charge is 0.227 e. The SMILES string of the molecule is COCCN1C[C@H](C(=O)N2CCN(c3ncccn3)CC2)CCC1=O. The Morgan fingerprint density at radius 2 is 1.96 bits per heavy atom. The second-order valence-electron chi connectivity index (χ2n) is 6.43. The molecule has 0 saturated carbocycles. The van der Waals surface area contributed by atoms with Crippen LogP contribution in [0, 0.1) is 5.92 Å². The van der Waals surface area contributed by atoms with Crippen molar-refractivity contribution in [1.29, 1.82) is 0 Å². The second-order valence-corrected chi connectivity index (χ2v) is 6.43. The number of carbonyl (C=O) groups excluding carboxylic acids is 2. The van der Waals surface area contributed by atoms with Gasteiger partial charge in [-0.05, 0) is 12.5 Å². The van der Waals surface area contributed by atoms with E-state index in [4.69, 9.17) is 4.74 Å². The molecule has 0 unspecified atom stereocenters. The lowest BCUT2D eigenvalue weighted by Crippen LogP contribution is -2.53. The molecule has 0 aliphatic carbocycles. The highest BCUT2D eigenvalue weighted by Gasteiger charge is 2.33. The number of methoxy groups -OCH3 is 1. The van der Waals surface area contributed by atoms with Gasteiger partial charge in [0.05, 0.1) is 12.5 Å². The Balaban J connectivity index is 1.53. The normalized spacial score (nSPS) is 21.6. The van der Waals surface area contributed by atoms with E-state index in [1.807, 2.05) is 4.90 Å². The minimum Gasteiger partial charge on any atom is -0.383 e. The number of piperazine rings is 1. The van der Waals surface area contributed by atoms with E-state index in [1.165, 1.54) is 0 Å². The van der Waals surface area contributed by atoms with Gasteiger partial charge < -0.3 is 19.4 Å². The molecule has 0 radical (unpaired) electrons. The van der Waals surface area contributed by atoms with Crippen molar-refractivity contribution in [2.45, 2.75) is 12.8 Å². The number of anilines is 1. The summed E-state index contributed by atoms with van der Waals surface area (Å²) in [6, 6.07) is 1.79. The highest BCUT2D eigenvalue weighted by Crippen LogP contribution is 2.21. The first-order chi connectivity index (χ1) is 12.2. The zero-order valence-corrected chi connectivity index (χ0v) is 14.6. The van der Waals surface area contributed by atoms with E-state index in [9.17, 15) is 9.59 Å². The molecule has 0 spiro atoms. The Kier molecular flexibility index (Phi) is 5.80. The summed E-state index contributed by atoms with van der Waals surface area (Å²) in [5.41, 5.74) is 0. The molecule has 0 N–H and O–H groups in total. The van der Waals surface area contributed by atoms with Gasteiger partial charge in [-0.25, -0.2) is 9.97 Å². The number of hydrogen-bond acceptors (Lipinski definition) is 6. The van der Waals surface area contributed by atoms with E-state index >= 15 is 0 Å². The molecular formula is C17H25N5O3. The third-order valence-corrected chi connectivity index (χ3v) is 4.84. The molecule has 1 aromatic heterocycles. The number of piperidine rings is 1. The molecule has 2 saturated heterocycles. The second kappa shape index (κ2) is 8.24. The van der Waals surface area contributed by atoms with Crippen LogP contribution in [0.3, 0.4) is 0 Å². The summed E-state index contributed by atoms with van der Waals surface area (Å²) in [6.45, 7) is 4.35. The first-order valence-corrected chi connectivity index (χ1v) is 8.76. The summed E-state index contributed by atoms with van der Waals surface area (Å²) < 4.78 is 5.05. The van der Waals surface area contributed by atoms with Crippen molar-refractivity contribution in [3.63, 3.8) is 0 Å². The molecule has 2 aliphatic heterocycles. The lowest BCUT2D eigenvalue weighted by molar-refractivity contribution is -0.143. The fraction of sp³-hybridized carbons (Fsp3) is 0.647. The number of hydrogen-bond donors (Lipinski definition) is 0. The van der Waals surface area contributed by atoms with Gasteiger partial charge >= 0.3 is 0 Å². The molecule has 2 fully saturated rings. The van der Waals surface area contributed by atoms with E-state index in [2.05, 4.69) is 14.9 Å². The maximum Gasteiger partial charge on any atom is 0.227 e. The summed E-state index contributed by atoms with van der Waals surface area (Å²) in [6.07, 6.45) is 4.54. The van der Waals surface area contributed by atoms with Crippen LogP contribution in [0.15, 0.2) is 18.5 Å². The van der Waals surface area contributed by atoms with Crippen LogP contribution in [0.2, 0.25) is 0 Å². The maximum absolute atomic E-state index is 12.8. The van der Waals surface area contributed by atoms with Crippen LogP contribution in [-0.4, -0.2) is 84.6 Å². The highest BCUT2D eigenvalue weighted by molar-refractivity contribution is 5.84. The number of ether oxygens (including phenoxy) is 1. The van der Waals surface area contributed by atoms with Gasteiger partial charge in [0.1, 0.15) is 0 Å². The predicted octanol–water partition coefficient (Wildman–Crippen LogP) is 0.0102. The molecule has 8 heteroatoms. The standard InChI is InChI=1S/C17H25N5O3/c1-25-12-11-22-13-14(3-4-15(22)23)16(24)20-7-9-21(10-8-20)17-18-5-2-6-19-17/h2,5-6,14H,3-4,7-13H2,1H3/t14-/m1/s1. The minimum atomic E-state index is -0.103. The fourth-order valence-corrected chi connectivity index (χ4v) is 3.37. The summed E-state index contributed by atoms with van der Waals surface area (Å²) >= 11 is 0. The van der Waals surface area contributed by atoms with E-state index < -0.39 is 0 Å². The van der Waals surface area contributed by atoms with E-state index in [-0.39, 0.29) is 17.7 Å². The Hall–Kier alpha value is -2.22. The summed E-state index contributed by atoms with van der Waals surface area (Å²) in [5, 5.41) is 0. The van der Waals surface area contributed by atoms with Crippen molar-refractivity contribution >= 4 is 17.8 Å². The van der Waals surface area contributed by atoms with Crippen LogP contribution in [0.4, 0.5) is 5.95 Å². The van der Waals surface area contributed by atoms with E-state index in [1.54, 1.807) is 30.5 Å². The Morgan fingerprint density at radius 1 is 1.24 bits per heavy atom. The average molecular weight is 347 g/mol. The lowest BCUT2D eigenvalue weighted by Gasteiger charge is -2.38. The average Bonchev–Trinajstić information content (AvgIpc) is 2.67. The van der Waals surface area contributed by atoms with E-state index in [0.717, 1.165) is 13.1 Å². The van der Waals surface area contributed by atoms with Crippen molar-refractivity contribution in [1.82, 2.24) is 19.8 Å². The molecule has 1 atom stereocenters. The van der Waals surface area contributed by atoms with Crippen LogP contribution in [0.1, 0.15) is 12.8 Å². The zero-order chi connectivity index (χ0) is 17.6. The minimum absolute atomic E-state index is 0.103. The number of carbonyl (C=O) groups is 2. The number of likely N-dealkylation sites (tertiary alicyclic amines) is 1. The van der Waals surface area contributed by atoms with Crippen LogP contribution >= 0.6 is 0 Å². The highest BCUT2D eigenvalue weighted by atomic mass is 16.5. The van der Waals surface area contributed by atoms with Gasteiger partial charge in [0.25, 0.3) is 0 Å². The van der Waals surface area contributed by atoms with Crippen LogP contribution in [-0.2, 0) is 14.3 Å². The Bertz CT molecular complexity index is 589.